The molecule has 1 unspecified atom stereocenters. The van der Waals surface area contributed by atoms with Crippen molar-refractivity contribution >= 4 is 15.5 Å². The van der Waals surface area contributed by atoms with Crippen LogP contribution >= 0.6 is 0 Å². The van der Waals surface area contributed by atoms with Crippen LogP contribution in [0.2, 0.25) is 0 Å². The van der Waals surface area contributed by atoms with E-state index < -0.39 is 14.6 Å². The second-order valence-corrected chi connectivity index (χ2v) is 10.1. The van der Waals surface area contributed by atoms with Crippen molar-refractivity contribution in [1.82, 2.24) is 0 Å². The van der Waals surface area contributed by atoms with Crippen LogP contribution in [0.1, 0.15) is 50.7 Å². The zero-order chi connectivity index (χ0) is 18.2. The van der Waals surface area contributed by atoms with Crippen molar-refractivity contribution in [2.75, 3.05) is 6.26 Å². The maximum atomic E-state index is 14.2. The fourth-order valence-electron chi connectivity index (χ4n) is 2.61. The zero-order valence-electron chi connectivity index (χ0n) is 14.7. The third-order valence-electron chi connectivity index (χ3n) is 4.75. The number of benzene rings is 1. The van der Waals surface area contributed by atoms with Gasteiger partial charge in [-0.1, -0.05) is 23.1 Å². The summed E-state index contributed by atoms with van der Waals surface area (Å²) in [5.41, 5.74) is 1.67. The lowest BCUT2D eigenvalue weighted by molar-refractivity contribution is 0.0725. The smallest absolute Gasteiger partial charge is 0.152 e. The van der Waals surface area contributed by atoms with Gasteiger partial charge in [-0.3, -0.25) is 0 Å². The Labute approximate surface area is 148 Å². The Morgan fingerprint density at radius 1 is 1.36 bits per heavy atom. The van der Waals surface area contributed by atoms with Crippen molar-refractivity contribution in [3.05, 3.63) is 35.1 Å². The van der Waals surface area contributed by atoms with Crippen LogP contribution < -0.4 is 0 Å². The van der Waals surface area contributed by atoms with E-state index in [0.29, 0.717) is 35.6 Å². The van der Waals surface area contributed by atoms with Gasteiger partial charge in [0.2, 0.25) is 0 Å². The number of oxime groups is 1. The van der Waals surface area contributed by atoms with Crippen molar-refractivity contribution in [2.24, 2.45) is 11.1 Å². The van der Waals surface area contributed by atoms with Crippen molar-refractivity contribution < 1.29 is 17.6 Å². The molecule has 1 aromatic rings. The largest absolute Gasteiger partial charge is 0.392 e. The summed E-state index contributed by atoms with van der Waals surface area (Å²) in [7, 11) is -3.20. The van der Waals surface area contributed by atoms with Crippen LogP contribution in [0.5, 0.6) is 0 Å². The molecule has 1 fully saturated rings. The highest BCUT2D eigenvalue weighted by atomic mass is 32.2. The van der Waals surface area contributed by atoms with Crippen LogP contribution in [-0.4, -0.2) is 31.2 Å². The molecule has 0 aromatic heterocycles. The summed E-state index contributed by atoms with van der Waals surface area (Å²) in [6.07, 6.45) is 3.91. The number of hydrogen-bond acceptors (Lipinski definition) is 4. The monoisotopic (exact) mass is 363 g/mol. The number of sulfone groups is 1. The molecule has 1 aromatic carbocycles. The van der Waals surface area contributed by atoms with Crippen LogP contribution in [0, 0.1) is 23.6 Å². The molecule has 1 aliphatic carbocycles. The first-order valence-corrected chi connectivity index (χ1v) is 10.3. The summed E-state index contributed by atoms with van der Waals surface area (Å²) in [6, 6.07) is 4.87. The van der Waals surface area contributed by atoms with E-state index in [1.807, 2.05) is 0 Å². The average molecular weight is 363 g/mol. The molecule has 4 nitrogen and oxygen atoms in total. The second kappa shape index (κ2) is 6.45. The standard InChI is InChI=1S/C19H22FNO3S/c1-19(2,25(3,22)23)12-16-11-18(21-24-16)15-9-8-14(17(20)10-15)7-6-13-4-5-13/h8-10,13,16H,4-5,11-12H2,1-3H3. The van der Waals surface area contributed by atoms with Gasteiger partial charge in [-0.15, -0.1) is 0 Å². The van der Waals surface area contributed by atoms with E-state index in [-0.39, 0.29) is 11.9 Å². The van der Waals surface area contributed by atoms with Crippen molar-refractivity contribution in [2.45, 2.75) is 50.4 Å². The molecule has 3 rings (SSSR count). The van der Waals surface area contributed by atoms with Gasteiger partial charge in [-0.05, 0) is 38.8 Å². The normalized spacial score (nSPS) is 20.5. The molecule has 6 heteroatoms. The SMILES string of the molecule is CC(C)(CC1CC(c2ccc(C#CC3CC3)c(F)c2)=NO1)S(C)(=O)=O. The summed E-state index contributed by atoms with van der Waals surface area (Å²) in [5, 5.41) is 4.03. The van der Waals surface area contributed by atoms with E-state index in [2.05, 4.69) is 17.0 Å². The average Bonchev–Trinajstić information content (AvgIpc) is 3.22. The number of rotatable bonds is 4. The lowest BCUT2D eigenvalue weighted by Gasteiger charge is -2.24. The summed E-state index contributed by atoms with van der Waals surface area (Å²) in [5.74, 6) is 5.99. The van der Waals surface area contributed by atoms with Crippen LogP contribution in [0.3, 0.4) is 0 Å². The second-order valence-electron chi connectivity index (χ2n) is 7.44. The van der Waals surface area contributed by atoms with Gasteiger partial charge in [-0.25, -0.2) is 12.8 Å². The predicted molar refractivity (Wildman–Crippen MR) is 95.6 cm³/mol. The van der Waals surface area contributed by atoms with Crippen LogP contribution in [0.15, 0.2) is 23.4 Å². The molecule has 0 amide bonds. The van der Waals surface area contributed by atoms with Crippen LogP contribution in [-0.2, 0) is 14.7 Å². The molecule has 1 atom stereocenters. The van der Waals surface area contributed by atoms with Gasteiger partial charge in [0.1, 0.15) is 11.9 Å². The van der Waals surface area contributed by atoms with Gasteiger partial charge in [0.05, 0.1) is 16.0 Å². The maximum absolute atomic E-state index is 14.2. The van der Waals surface area contributed by atoms with Gasteiger partial charge >= 0.3 is 0 Å². The minimum absolute atomic E-state index is 0.322. The Balaban J connectivity index is 1.68. The third kappa shape index (κ3) is 4.21. The van der Waals surface area contributed by atoms with Gasteiger partial charge in [-0.2, -0.15) is 0 Å². The van der Waals surface area contributed by atoms with Gasteiger partial charge in [0.15, 0.2) is 9.84 Å². The van der Waals surface area contributed by atoms with E-state index in [1.54, 1.807) is 26.0 Å². The lowest BCUT2D eigenvalue weighted by Crippen LogP contribution is -2.35. The molecule has 25 heavy (non-hydrogen) atoms. The molecule has 134 valence electrons. The summed E-state index contributed by atoms with van der Waals surface area (Å²) >= 11 is 0. The molecule has 0 spiro atoms. The Hall–Kier alpha value is -1.87. The number of hydrogen-bond donors (Lipinski definition) is 0. The topological polar surface area (TPSA) is 55.7 Å². The summed E-state index contributed by atoms with van der Waals surface area (Å²) < 4.78 is 37.0. The molecular weight excluding hydrogens is 341 g/mol. The molecule has 0 bridgehead atoms. The molecular formula is C19H22FNO3S. The minimum Gasteiger partial charge on any atom is -0.392 e. The number of nitrogens with zero attached hydrogens (tertiary/aromatic N) is 1. The molecule has 0 N–H and O–H groups in total. The van der Waals surface area contributed by atoms with Crippen LogP contribution in [0.4, 0.5) is 4.39 Å². The zero-order valence-corrected chi connectivity index (χ0v) is 15.5. The molecule has 1 heterocycles. The first-order valence-electron chi connectivity index (χ1n) is 8.39. The Morgan fingerprint density at radius 3 is 2.68 bits per heavy atom. The highest BCUT2D eigenvalue weighted by Crippen LogP contribution is 2.29. The van der Waals surface area contributed by atoms with Crippen molar-refractivity contribution in [3.8, 4) is 11.8 Å². The molecule has 0 radical (unpaired) electrons. The fourth-order valence-corrected chi connectivity index (χ4v) is 3.10. The quantitative estimate of drug-likeness (QED) is 0.772. The van der Waals surface area contributed by atoms with Gasteiger partial charge < -0.3 is 4.84 Å². The lowest BCUT2D eigenvalue weighted by atomic mass is 9.97. The Bertz CT molecular complexity index is 874. The fraction of sp³-hybridized carbons (Fsp3) is 0.526. The van der Waals surface area contributed by atoms with E-state index >= 15 is 0 Å². The van der Waals surface area contributed by atoms with E-state index in [9.17, 15) is 12.8 Å². The Kier molecular flexibility index (Phi) is 4.63. The third-order valence-corrected chi connectivity index (χ3v) is 6.92. The highest BCUT2D eigenvalue weighted by molar-refractivity contribution is 7.92. The Morgan fingerprint density at radius 2 is 2.08 bits per heavy atom. The summed E-state index contributed by atoms with van der Waals surface area (Å²) in [6.45, 7) is 3.35. The predicted octanol–water partition coefficient (Wildman–Crippen LogP) is 3.29. The first kappa shape index (κ1) is 17.9. The summed E-state index contributed by atoms with van der Waals surface area (Å²) in [4.78, 5) is 5.38. The van der Waals surface area contributed by atoms with Crippen molar-refractivity contribution in [1.29, 1.82) is 0 Å². The van der Waals surface area contributed by atoms with E-state index in [1.165, 1.54) is 12.3 Å². The van der Waals surface area contributed by atoms with Gasteiger partial charge in [0, 0.05) is 30.6 Å². The van der Waals surface area contributed by atoms with E-state index in [4.69, 9.17) is 4.84 Å². The maximum Gasteiger partial charge on any atom is 0.152 e. The van der Waals surface area contributed by atoms with Crippen LogP contribution in [0.25, 0.3) is 0 Å². The molecule has 0 saturated heterocycles. The first-order chi connectivity index (χ1) is 11.7. The molecule has 1 aliphatic heterocycles. The minimum atomic E-state index is -3.20. The van der Waals surface area contributed by atoms with Crippen molar-refractivity contribution in [3.63, 3.8) is 0 Å². The van der Waals surface area contributed by atoms with E-state index in [0.717, 1.165) is 12.8 Å². The number of halogens is 1. The van der Waals surface area contributed by atoms with Gasteiger partial charge in [0.25, 0.3) is 0 Å². The molecule has 1 saturated carbocycles. The highest BCUT2D eigenvalue weighted by Gasteiger charge is 2.36. The molecule has 2 aliphatic rings.